The Morgan fingerprint density at radius 1 is 1.69 bits per heavy atom. The van der Waals surface area contributed by atoms with E-state index in [2.05, 4.69) is 11.0 Å². The molecule has 0 radical (unpaired) electrons. The minimum absolute atomic E-state index is 0.322. The van der Waals surface area contributed by atoms with Crippen molar-refractivity contribution < 1.29 is 19.2 Å². The molecule has 1 aromatic rings. The topological polar surface area (TPSA) is 93.6 Å². The van der Waals surface area contributed by atoms with Crippen molar-refractivity contribution in [2.45, 2.75) is 0 Å². The van der Waals surface area contributed by atoms with Crippen LogP contribution in [0.3, 0.4) is 0 Å². The highest BCUT2D eigenvalue weighted by atomic mass is 16.6. The predicted molar refractivity (Wildman–Crippen MR) is 42.0 cm³/mol. The van der Waals surface area contributed by atoms with Gasteiger partial charge >= 0.3 is 11.7 Å². The lowest BCUT2D eigenvalue weighted by Gasteiger charge is -1.93. The van der Waals surface area contributed by atoms with Crippen LogP contribution < -0.4 is 0 Å². The normalized spacial score (nSPS) is 9.54. The molecule has 68 valence electrons. The minimum Gasteiger partial charge on any atom is -0.478 e. The Morgan fingerprint density at radius 2 is 2.31 bits per heavy atom. The lowest BCUT2D eigenvalue weighted by atomic mass is 10.2. The summed E-state index contributed by atoms with van der Waals surface area (Å²) in [7, 11) is 0. The third kappa shape index (κ3) is 1.56. The number of carbonyl (C=O) groups is 1. The van der Waals surface area contributed by atoms with Crippen LogP contribution >= 0.6 is 0 Å². The van der Waals surface area contributed by atoms with Crippen LogP contribution in [0.4, 0.5) is 5.69 Å². The molecule has 1 heterocycles. The van der Waals surface area contributed by atoms with Crippen LogP contribution in [-0.4, -0.2) is 16.0 Å². The van der Waals surface area contributed by atoms with Crippen molar-refractivity contribution in [1.82, 2.24) is 0 Å². The molecular formula is C7H5NO5. The molecule has 0 spiro atoms. The lowest BCUT2D eigenvalue weighted by molar-refractivity contribution is -0.385. The average molecular weight is 183 g/mol. The molecule has 0 saturated carbocycles. The second-order valence-electron chi connectivity index (χ2n) is 2.18. The Morgan fingerprint density at radius 3 is 2.77 bits per heavy atom. The molecule has 13 heavy (non-hydrogen) atoms. The summed E-state index contributed by atoms with van der Waals surface area (Å²) in [6.07, 6.45) is 1.04. The zero-order valence-corrected chi connectivity index (χ0v) is 6.39. The standard InChI is InChI=1S/C7H5NO5/c1-4(7(9)10)6-5(8(11)12)2-3-13-6/h2-3H,1H2,(H,9,10). The summed E-state index contributed by atoms with van der Waals surface area (Å²) in [6, 6.07) is 1.07. The SMILES string of the molecule is C=C(C(=O)O)c1occc1[N+](=O)[O-]. The van der Waals surface area contributed by atoms with Gasteiger partial charge in [0.25, 0.3) is 0 Å². The van der Waals surface area contributed by atoms with E-state index in [1.54, 1.807) is 0 Å². The van der Waals surface area contributed by atoms with E-state index >= 15 is 0 Å². The summed E-state index contributed by atoms with van der Waals surface area (Å²) in [5.41, 5.74) is -0.830. The zero-order chi connectivity index (χ0) is 10.0. The third-order valence-corrected chi connectivity index (χ3v) is 1.37. The molecule has 1 aromatic heterocycles. The maximum absolute atomic E-state index is 10.4. The maximum Gasteiger partial charge on any atom is 0.339 e. The van der Waals surface area contributed by atoms with Crippen LogP contribution in [0.1, 0.15) is 5.76 Å². The van der Waals surface area contributed by atoms with Crippen molar-refractivity contribution in [3.63, 3.8) is 0 Å². The van der Waals surface area contributed by atoms with Gasteiger partial charge in [-0.25, -0.2) is 4.79 Å². The molecular weight excluding hydrogens is 178 g/mol. The van der Waals surface area contributed by atoms with Gasteiger partial charge in [0.2, 0.25) is 5.76 Å². The molecule has 0 amide bonds. The first kappa shape index (κ1) is 8.98. The fourth-order valence-electron chi connectivity index (χ4n) is 0.769. The summed E-state index contributed by atoms with van der Waals surface area (Å²) < 4.78 is 4.63. The van der Waals surface area contributed by atoms with Crippen molar-refractivity contribution in [3.05, 3.63) is 34.8 Å². The molecule has 0 aromatic carbocycles. The van der Waals surface area contributed by atoms with E-state index in [0.717, 1.165) is 12.3 Å². The molecule has 6 nitrogen and oxygen atoms in total. The molecule has 1 N–H and O–H groups in total. The lowest BCUT2D eigenvalue weighted by Crippen LogP contribution is -1.99. The molecule has 0 atom stereocenters. The van der Waals surface area contributed by atoms with Gasteiger partial charge in [-0.3, -0.25) is 10.1 Å². The number of carboxylic acid groups (broad SMARTS) is 1. The third-order valence-electron chi connectivity index (χ3n) is 1.37. The van der Waals surface area contributed by atoms with Crippen molar-refractivity contribution in [2.24, 2.45) is 0 Å². The fraction of sp³-hybridized carbons (Fsp3) is 0. The first-order valence-corrected chi connectivity index (χ1v) is 3.18. The van der Waals surface area contributed by atoms with Crippen molar-refractivity contribution in [3.8, 4) is 0 Å². The molecule has 0 aliphatic heterocycles. The Bertz CT molecular complexity index is 378. The highest BCUT2D eigenvalue weighted by molar-refractivity contribution is 6.14. The maximum atomic E-state index is 10.4. The highest BCUT2D eigenvalue weighted by Crippen LogP contribution is 2.25. The van der Waals surface area contributed by atoms with Crippen LogP contribution in [0.25, 0.3) is 5.57 Å². The molecule has 6 heteroatoms. The van der Waals surface area contributed by atoms with Crippen LogP contribution in [0.5, 0.6) is 0 Å². The summed E-state index contributed by atoms with van der Waals surface area (Å²) in [5, 5.41) is 18.8. The van der Waals surface area contributed by atoms with Gasteiger partial charge in [-0.1, -0.05) is 6.58 Å². The van der Waals surface area contributed by atoms with Gasteiger partial charge in [0, 0.05) is 0 Å². The van der Waals surface area contributed by atoms with Crippen LogP contribution in [0.15, 0.2) is 23.3 Å². The van der Waals surface area contributed by atoms with E-state index in [1.165, 1.54) is 0 Å². The number of carboxylic acids is 1. The first-order chi connectivity index (χ1) is 6.04. The van der Waals surface area contributed by atoms with E-state index in [9.17, 15) is 14.9 Å². The quantitative estimate of drug-likeness (QED) is 0.432. The predicted octanol–water partition coefficient (Wildman–Crippen LogP) is 1.29. The smallest absolute Gasteiger partial charge is 0.339 e. The second kappa shape index (κ2) is 3.10. The van der Waals surface area contributed by atoms with E-state index in [-0.39, 0.29) is 5.76 Å². The number of hydrogen-bond donors (Lipinski definition) is 1. The number of nitro groups is 1. The van der Waals surface area contributed by atoms with Crippen molar-refractivity contribution in [2.75, 3.05) is 0 Å². The van der Waals surface area contributed by atoms with Gasteiger partial charge in [0.05, 0.1) is 17.3 Å². The molecule has 0 aliphatic rings. The summed E-state index contributed by atoms with van der Waals surface area (Å²) in [5.74, 6) is -1.67. The Labute approximate surface area is 72.2 Å². The molecule has 0 saturated heterocycles. The number of furan rings is 1. The molecule has 0 fully saturated rings. The van der Waals surface area contributed by atoms with E-state index in [0.29, 0.717) is 0 Å². The largest absolute Gasteiger partial charge is 0.478 e. The van der Waals surface area contributed by atoms with E-state index in [1.807, 2.05) is 0 Å². The highest BCUT2D eigenvalue weighted by Gasteiger charge is 2.23. The Balaban J connectivity index is 3.15. The number of aliphatic carboxylic acids is 1. The zero-order valence-electron chi connectivity index (χ0n) is 6.39. The molecule has 1 rings (SSSR count). The van der Waals surface area contributed by atoms with Crippen LogP contribution in [0.2, 0.25) is 0 Å². The fourth-order valence-corrected chi connectivity index (χ4v) is 0.769. The summed E-state index contributed by atoms with van der Waals surface area (Å²) >= 11 is 0. The van der Waals surface area contributed by atoms with Gasteiger partial charge < -0.3 is 9.52 Å². The van der Waals surface area contributed by atoms with E-state index < -0.39 is 22.2 Å². The minimum atomic E-state index is -1.35. The number of nitrogens with zero attached hydrogens (tertiary/aromatic N) is 1. The van der Waals surface area contributed by atoms with Crippen molar-refractivity contribution in [1.29, 1.82) is 0 Å². The molecule has 0 unspecified atom stereocenters. The molecule has 0 bridgehead atoms. The summed E-state index contributed by atoms with van der Waals surface area (Å²) in [6.45, 7) is 3.14. The number of rotatable bonds is 3. The van der Waals surface area contributed by atoms with Gasteiger partial charge in [0.15, 0.2) is 0 Å². The monoisotopic (exact) mass is 183 g/mol. The Kier molecular flexibility index (Phi) is 2.14. The second-order valence-corrected chi connectivity index (χ2v) is 2.18. The van der Waals surface area contributed by atoms with Crippen LogP contribution in [-0.2, 0) is 4.79 Å². The van der Waals surface area contributed by atoms with E-state index in [4.69, 9.17) is 5.11 Å². The summed E-state index contributed by atoms with van der Waals surface area (Å²) in [4.78, 5) is 20.0. The van der Waals surface area contributed by atoms with Gasteiger partial charge in [-0.2, -0.15) is 0 Å². The Hall–Kier alpha value is -2.11. The first-order valence-electron chi connectivity index (χ1n) is 3.18. The van der Waals surface area contributed by atoms with Crippen molar-refractivity contribution >= 4 is 17.2 Å². The van der Waals surface area contributed by atoms with Crippen LogP contribution in [0, 0.1) is 10.1 Å². The van der Waals surface area contributed by atoms with Gasteiger partial charge in [-0.05, 0) is 0 Å². The van der Waals surface area contributed by atoms with Gasteiger partial charge in [0.1, 0.15) is 5.57 Å². The number of hydrogen-bond acceptors (Lipinski definition) is 4. The van der Waals surface area contributed by atoms with Gasteiger partial charge in [-0.15, -0.1) is 0 Å². The average Bonchev–Trinajstić information content (AvgIpc) is 2.50. The molecule has 0 aliphatic carbocycles.